The summed E-state index contributed by atoms with van der Waals surface area (Å²) in [5.41, 5.74) is 0. The molecule has 6 heteroatoms. The monoisotopic (exact) mass is 467 g/mol. The van der Waals surface area contributed by atoms with Crippen LogP contribution in [-0.2, 0) is 4.79 Å². The minimum atomic E-state index is -1.29. The Morgan fingerprint density at radius 2 is 1.39 bits per heavy atom. The van der Waals surface area contributed by atoms with Crippen LogP contribution in [0.4, 0.5) is 0 Å². The van der Waals surface area contributed by atoms with Crippen LogP contribution in [0.1, 0.15) is 97.3 Å². The molecule has 5 N–H and O–H groups in total. The first-order chi connectivity index (χ1) is 16.0. The zero-order valence-electron chi connectivity index (χ0n) is 20.9. The van der Waals surface area contributed by atoms with Crippen LogP contribution >= 0.6 is 0 Å². The third-order valence-electron chi connectivity index (χ3n) is 5.65. The van der Waals surface area contributed by atoms with Gasteiger partial charge in [-0.2, -0.15) is 0 Å². The average Bonchev–Trinajstić information content (AvgIpc) is 2.82. The molecule has 0 spiro atoms. The average molecular weight is 468 g/mol. The summed E-state index contributed by atoms with van der Waals surface area (Å²) in [6.45, 7) is 3.66. The summed E-state index contributed by atoms with van der Waals surface area (Å²) in [5, 5.41) is 42.7. The fourth-order valence-electron chi connectivity index (χ4n) is 3.46. The van der Waals surface area contributed by atoms with E-state index >= 15 is 0 Å². The molecule has 0 aromatic heterocycles. The van der Waals surface area contributed by atoms with Crippen LogP contribution in [0.25, 0.3) is 0 Å². The first-order valence-electron chi connectivity index (χ1n) is 12.8. The molecule has 4 atom stereocenters. The molecule has 6 nitrogen and oxygen atoms in total. The molecular weight excluding hydrogens is 418 g/mol. The lowest BCUT2D eigenvalue weighted by atomic mass is 10.00. The summed E-state index contributed by atoms with van der Waals surface area (Å²) in [6.07, 6.45) is 20.6. The lowest BCUT2D eigenvalue weighted by Crippen LogP contribution is -2.53. The van der Waals surface area contributed by atoms with E-state index in [4.69, 9.17) is 0 Å². The third-order valence-corrected chi connectivity index (χ3v) is 5.65. The van der Waals surface area contributed by atoms with Crippen molar-refractivity contribution in [1.82, 2.24) is 5.32 Å². The first kappa shape index (κ1) is 31.5. The van der Waals surface area contributed by atoms with E-state index in [9.17, 15) is 25.2 Å². The highest BCUT2D eigenvalue weighted by Crippen LogP contribution is 2.11. The van der Waals surface area contributed by atoms with Gasteiger partial charge >= 0.3 is 0 Å². The summed E-state index contributed by atoms with van der Waals surface area (Å²) in [5.74, 6) is -0.621. The highest BCUT2D eigenvalue weighted by atomic mass is 16.3. The molecule has 0 fully saturated rings. The summed E-state index contributed by atoms with van der Waals surface area (Å²) in [4.78, 5) is 12.2. The molecule has 0 aliphatic rings. The van der Waals surface area contributed by atoms with Crippen molar-refractivity contribution >= 4 is 5.91 Å². The second-order valence-corrected chi connectivity index (χ2v) is 8.67. The Labute approximate surface area is 201 Å². The van der Waals surface area contributed by atoms with E-state index in [0.717, 1.165) is 51.4 Å². The largest absolute Gasteiger partial charge is 0.394 e. The fraction of sp³-hybridized carbons (Fsp3) is 0.741. The van der Waals surface area contributed by atoms with Crippen LogP contribution in [0.15, 0.2) is 36.5 Å². The molecule has 0 aliphatic heterocycles. The minimum absolute atomic E-state index is 0.336. The number of aliphatic hydroxyl groups excluding tert-OH is 4. The van der Waals surface area contributed by atoms with Gasteiger partial charge in [0.15, 0.2) is 0 Å². The Morgan fingerprint density at radius 3 is 2.03 bits per heavy atom. The number of hydrogen-bond acceptors (Lipinski definition) is 5. The molecule has 0 bridgehead atoms. The van der Waals surface area contributed by atoms with E-state index in [0.29, 0.717) is 19.3 Å². The molecule has 0 aliphatic carbocycles. The van der Waals surface area contributed by atoms with Crippen molar-refractivity contribution in [1.29, 1.82) is 0 Å². The molecule has 0 saturated heterocycles. The van der Waals surface area contributed by atoms with Gasteiger partial charge in [-0.15, -0.1) is 0 Å². The van der Waals surface area contributed by atoms with Crippen molar-refractivity contribution in [2.24, 2.45) is 0 Å². The first-order valence-corrected chi connectivity index (χ1v) is 12.8. The number of rotatable bonds is 21. The molecule has 33 heavy (non-hydrogen) atoms. The molecule has 0 aromatic rings. The van der Waals surface area contributed by atoms with Crippen LogP contribution in [0.3, 0.4) is 0 Å². The number of allylic oxidation sites excluding steroid dienone is 6. The molecule has 192 valence electrons. The van der Waals surface area contributed by atoms with Gasteiger partial charge in [0.05, 0.1) is 18.8 Å². The van der Waals surface area contributed by atoms with Crippen molar-refractivity contribution in [3.8, 4) is 0 Å². The second kappa shape index (κ2) is 22.3. The van der Waals surface area contributed by atoms with Gasteiger partial charge in [0.2, 0.25) is 5.91 Å². The predicted molar refractivity (Wildman–Crippen MR) is 136 cm³/mol. The molecule has 0 heterocycles. The lowest BCUT2D eigenvalue weighted by molar-refractivity contribution is -0.132. The summed E-state index contributed by atoms with van der Waals surface area (Å²) >= 11 is 0. The number of amides is 1. The third kappa shape index (κ3) is 17.6. The quantitative estimate of drug-likeness (QED) is 0.128. The van der Waals surface area contributed by atoms with Crippen LogP contribution in [0, 0.1) is 0 Å². The molecule has 4 unspecified atom stereocenters. The predicted octanol–water partition coefficient (Wildman–Crippen LogP) is 4.33. The Morgan fingerprint density at radius 1 is 0.788 bits per heavy atom. The van der Waals surface area contributed by atoms with Crippen molar-refractivity contribution in [3.63, 3.8) is 0 Å². The topological polar surface area (TPSA) is 110 Å². The molecule has 0 radical (unpaired) electrons. The standard InChI is InChI=1S/C27H49NO5/c1-3-5-7-9-11-13-15-17-19-21-25(31)27(33)28-23(22-29)26(32)24(30)20-18-16-14-12-10-8-6-4-2/h4,6,9,11-12,14,23-26,29-32H,3,5,7-8,10,13,15-22H2,1-2H3,(H,28,33)/b6-4+,11-9-,14-12+. The van der Waals surface area contributed by atoms with E-state index in [2.05, 4.69) is 42.6 Å². The molecule has 0 aromatic carbocycles. The van der Waals surface area contributed by atoms with Crippen molar-refractivity contribution in [2.75, 3.05) is 6.61 Å². The van der Waals surface area contributed by atoms with Gasteiger partial charge in [-0.25, -0.2) is 0 Å². The van der Waals surface area contributed by atoms with Crippen molar-refractivity contribution in [2.45, 2.75) is 122 Å². The van der Waals surface area contributed by atoms with Crippen LogP contribution in [-0.4, -0.2) is 57.3 Å². The maximum absolute atomic E-state index is 12.2. The second-order valence-electron chi connectivity index (χ2n) is 8.67. The van der Waals surface area contributed by atoms with Gasteiger partial charge in [-0.05, 0) is 64.7 Å². The SMILES string of the molecule is C/C=C/CC/C=C/CCCC(O)C(O)C(CO)NC(=O)C(O)CCCCC/C=C\CCCC. The van der Waals surface area contributed by atoms with E-state index in [1.54, 1.807) is 0 Å². The number of carbonyl (C=O) groups excluding carboxylic acids is 1. The molecule has 0 rings (SSSR count). The van der Waals surface area contributed by atoms with E-state index in [1.807, 2.05) is 13.0 Å². The van der Waals surface area contributed by atoms with Crippen molar-refractivity contribution in [3.05, 3.63) is 36.5 Å². The van der Waals surface area contributed by atoms with Gasteiger partial charge in [0, 0.05) is 0 Å². The Kier molecular flexibility index (Phi) is 21.3. The highest BCUT2D eigenvalue weighted by Gasteiger charge is 2.28. The van der Waals surface area contributed by atoms with Gasteiger partial charge in [0.25, 0.3) is 0 Å². The van der Waals surface area contributed by atoms with Gasteiger partial charge in [-0.1, -0.05) is 69.1 Å². The number of hydrogen-bond donors (Lipinski definition) is 5. The highest BCUT2D eigenvalue weighted by molar-refractivity contribution is 5.80. The minimum Gasteiger partial charge on any atom is -0.394 e. The van der Waals surface area contributed by atoms with Gasteiger partial charge in [0.1, 0.15) is 12.2 Å². The molecule has 1 amide bonds. The Bertz CT molecular complexity index is 547. The van der Waals surface area contributed by atoms with Gasteiger partial charge in [-0.3, -0.25) is 4.79 Å². The smallest absolute Gasteiger partial charge is 0.249 e. The van der Waals surface area contributed by atoms with Crippen molar-refractivity contribution < 1.29 is 25.2 Å². The maximum atomic E-state index is 12.2. The number of aliphatic hydroxyl groups is 4. The zero-order chi connectivity index (χ0) is 24.7. The normalized spacial score (nSPS) is 15.9. The number of nitrogens with one attached hydrogen (secondary N) is 1. The Hall–Kier alpha value is -1.47. The van der Waals surface area contributed by atoms with Crippen LogP contribution < -0.4 is 5.32 Å². The summed E-state index contributed by atoms with van der Waals surface area (Å²) < 4.78 is 0. The van der Waals surface area contributed by atoms with Crippen LogP contribution in [0.2, 0.25) is 0 Å². The maximum Gasteiger partial charge on any atom is 0.249 e. The summed E-state index contributed by atoms with van der Waals surface area (Å²) in [7, 11) is 0. The van der Waals surface area contributed by atoms with E-state index in [-0.39, 0.29) is 0 Å². The van der Waals surface area contributed by atoms with Crippen LogP contribution in [0.5, 0.6) is 0 Å². The molecular formula is C27H49NO5. The zero-order valence-corrected chi connectivity index (χ0v) is 20.9. The summed E-state index contributed by atoms with van der Waals surface area (Å²) in [6, 6.07) is -1.01. The number of carbonyl (C=O) groups is 1. The Balaban J connectivity index is 4.11. The lowest BCUT2D eigenvalue weighted by Gasteiger charge is -2.27. The fourth-order valence-corrected chi connectivity index (χ4v) is 3.46. The van der Waals surface area contributed by atoms with E-state index in [1.165, 1.54) is 12.8 Å². The van der Waals surface area contributed by atoms with E-state index < -0.39 is 36.9 Å². The number of unbranched alkanes of at least 4 members (excludes halogenated alkanes) is 7. The van der Waals surface area contributed by atoms with Gasteiger partial charge < -0.3 is 25.7 Å². The molecule has 0 saturated carbocycles.